The van der Waals surface area contributed by atoms with E-state index in [1.165, 1.54) is 13.2 Å². The Labute approximate surface area is 293 Å². The predicted octanol–water partition coefficient (Wildman–Crippen LogP) is 6.37. The summed E-state index contributed by atoms with van der Waals surface area (Å²) in [5.41, 5.74) is 0.466. The molecule has 0 aliphatic carbocycles. The van der Waals surface area contributed by atoms with Gasteiger partial charge in [0.2, 0.25) is 5.91 Å². The number of hydrogen-bond acceptors (Lipinski definition) is 10. The molecule has 0 saturated heterocycles. The van der Waals surface area contributed by atoms with Gasteiger partial charge in [-0.1, -0.05) is 30.3 Å². The normalized spacial score (nSPS) is 12.0. The molecular weight excluding hydrogens is 644 g/mol. The van der Waals surface area contributed by atoms with E-state index < -0.39 is 41.2 Å². The largest absolute Gasteiger partial charge is 0.493 e. The summed E-state index contributed by atoms with van der Waals surface area (Å²) in [5, 5.41) is 5.32. The third-order valence-electron chi connectivity index (χ3n) is 6.57. The summed E-state index contributed by atoms with van der Waals surface area (Å²) < 4.78 is 32.5. The monoisotopic (exact) mass is 690 g/mol. The van der Waals surface area contributed by atoms with Gasteiger partial charge in [0.15, 0.2) is 11.5 Å². The van der Waals surface area contributed by atoms with E-state index in [0.717, 1.165) is 11.1 Å². The van der Waals surface area contributed by atoms with Gasteiger partial charge in [-0.25, -0.2) is 14.4 Å². The van der Waals surface area contributed by atoms with Crippen LogP contribution < -0.4 is 24.8 Å². The van der Waals surface area contributed by atoms with Gasteiger partial charge in [-0.05, 0) is 95.1 Å². The van der Waals surface area contributed by atoms with Crippen molar-refractivity contribution in [3.8, 4) is 17.2 Å². The van der Waals surface area contributed by atoms with Crippen LogP contribution in [0.15, 0.2) is 72.8 Å². The van der Waals surface area contributed by atoms with Crippen molar-refractivity contribution in [1.82, 2.24) is 5.32 Å². The molecule has 0 fully saturated rings. The summed E-state index contributed by atoms with van der Waals surface area (Å²) in [7, 11) is 3.07. The molecule has 1 atom stereocenters. The summed E-state index contributed by atoms with van der Waals surface area (Å²) in [6, 6.07) is 17.7. The SMILES string of the molecule is COc1ccc(C=CC(=O)Nc2ccccc2C(=O)OCCOc2ccc(C[C@H](NC(=O)OC(C)(C)C)C(=O)OC(C)(C)C)cc2)cc1OC. The molecule has 0 aliphatic heterocycles. The summed E-state index contributed by atoms with van der Waals surface area (Å²) in [6.45, 7) is 10.5. The van der Waals surface area contributed by atoms with Crippen LogP contribution in [0.3, 0.4) is 0 Å². The van der Waals surface area contributed by atoms with Gasteiger partial charge in [0.1, 0.15) is 36.2 Å². The molecule has 0 unspecified atom stereocenters. The standard InChI is InChI=1S/C38H46N2O10/c1-37(2,3)49-35(43)30(40-36(44)50-38(4,5)6)23-25-13-17-27(18-14-25)47-21-22-48-34(42)28-11-9-10-12-29(28)39-33(41)20-16-26-15-19-31(45-7)32(24-26)46-8/h9-20,24,30H,21-23H2,1-8H3,(H,39,41)(H,40,44)/t30-/m0/s1. The van der Waals surface area contributed by atoms with Crippen LogP contribution >= 0.6 is 0 Å². The van der Waals surface area contributed by atoms with E-state index in [1.54, 1.807) is 121 Å². The molecule has 268 valence electrons. The highest BCUT2D eigenvalue weighted by Gasteiger charge is 2.29. The Morgan fingerprint density at radius 3 is 2.08 bits per heavy atom. The highest BCUT2D eigenvalue weighted by molar-refractivity contribution is 6.06. The van der Waals surface area contributed by atoms with Crippen LogP contribution in [0.4, 0.5) is 10.5 Å². The molecule has 3 aromatic rings. The van der Waals surface area contributed by atoms with Crippen molar-refractivity contribution >= 4 is 35.7 Å². The minimum absolute atomic E-state index is 0.0530. The third kappa shape index (κ3) is 13.2. The molecule has 0 aromatic heterocycles. The number of nitrogens with one attached hydrogen (secondary N) is 2. The summed E-state index contributed by atoms with van der Waals surface area (Å²) in [6.07, 6.45) is 2.39. The number of hydrogen-bond donors (Lipinski definition) is 2. The van der Waals surface area contributed by atoms with E-state index in [1.807, 2.05) is 0 Å². The first-order valence-corrected chi connectivity index (χ1v) is 16.0. The smallest absolute Gasteiger partial charge is 0.408 e. The highest BCUT2D eigenvalue weighted by atomic mass is 16.6. The first-order chi connectivity index (χ1) is 23.6. The Hall–Kier alpha value is -5.52. The van der Waals surface area contributed by atoms with E-state index in [-0.39, 0.29) is 25.2 Å². The Morgan fingerprint density at radius 2 is 1.44 bits per heavy atom. The maximum absolute atomic E-state index is 12.9. The second kappa shape index (κ2) is 17.8. The lowest BCUT2D eigenvalue weighted by Crippen LogP contribution is -2.47. The number of carbonyl (C=O) groups excluding carboxylic acids is 4. The molecule has 3 aromatic carbocycles. The lowest BCUT2D eigenvalue weighted by molar-refractivity contribution is -0.157. The predicted molar refractivity (Wildman–Crippen MR) is 189 cm³/mol. The van der Waals surface area contributed by atoms with Gasteiger partial charge < -0.3 is 39.1 Å². The van der Waals surface area contributed by atoms with Crippen LogP contribution in [0.2, 0.25) is 0 Å². The van der Waals surface area contributed by atoms with Gasteiger partial charge in [-0.15, -0.1) is 0 Å². The molecule has 0 heterocycles. The fourth-order valence-corrected chi connectivity index (χ4v) is 4.42. The second-order valence-electron chi connectivity index (χ2n) is 13.0. The number of methoxy groups -OCH3 is 2. The number of ether oxygens (including phenoxy) is 6. The molecule has 3 rings (SSSR count). The van der Waals surface area contributed by atoms with Crippen LogP contribution in [0.25, 0.3) is 6.08 Å². The molecule has 0 spiro atoms. The van der Waals surface area contributed by atoms with Crippen molar-refractivity contribution in [2.75, 3.05) is 32.8 Å². The van der Waals surface area contributed by atoms with Crippen LogP contribution in [-0.2, 0) is 30.2 Å². The van der Waals surface area contributed by atoms with Gasteiger partial charge in [-0.3, -0.25) is 4.79 Å². The molecule has 0 saturated carbocycles. The topological polar surface area (TPSA) is 148 Å². The molecule has 12 heteroatoms. The van der Waals surface area contributed by atoms with Crippen LogP contribution in [-0.4, -0.2) is 68.6 Å². The number of carbonyl (C=O) groups is 4. The zero-order valence-electron chi connectivity index (χ0n) is 29.8. The molecule has 0 radical (unpaired) electrons. The van der Waals surface area contributed by atoms with Crippen LogP contribution in [0.5, 0.6) is 17.2 Å². The van der Waals surface area contributed by atoms with Crippen molar-refractivity contribution in [2.45, 2.75) is 65.2 Å². The van der Waals surface area contributed by atoms with E-state index >= 15 is 0 Å². The number of amides is 2. The number of esters is 2. The summed E-state index contributed by atoms with van der Waals surface area (Å²) in [5.74, 6) is -0.0481. The zero-order valence-corrected chi connectivity index (χ0v) is 29.8. The van der Waals surface area contributed by atoms with Crippen molar-refractivity contribution in [3.05, 3.63) is 89.5 Å². The van der Waals surface area contributed by atoms with Gasteiger partial charge in [0.25, 0.3) is 0 Å². The second-order valence-corrected chi connectivity index (χ2v) is 13.0. The fraction of sp³-hybridized carbons (Fsp3) is 0.368. The van der Waals surface area contributed by atoms with Crippen molar-refractivity contribution in [1.29, 1.82) is 0 Å². The number of anilines is 1. The van der Waals surface area contributed by atoms with Gasteiger partial charge in [0.05, 0.1) is 25.5 Å². The average Bonchev–Trinajstić information content (AvgIpc) is 3.04. The Morgan fingerprint density at radius 1 is 0.780 bits per heavy atom. The minimum atomic E-state index is -0.975. The van der Waals surface area contributed by atoms with Gasteiger partial charge in [0, 0.05) is 12.5 Å². The maximum Gasteiger partial charge on any atom is 0.408 e. The van der Waals surface area contributed by atoms with E-state index in [2.05, 4.69) is 10.6 Å². The Kier molecular flexibility index (Phi) is 13.8. The molecule has 2 amide bonds. The Bertz CT molecular complexity index is 1650. The van der Waals surface area contributed by atoms with Gasteiger partial charge >= 0.3 is 18.0 Å². The number of para-hydroxylation sites is 1. The number of benzene rings is 3. The van der Waals surface area contributed by atoms with E-state index in [0.29, 0.717) is 22.9 Å². The third-order valence-corrected chi connectivity index (χ3v) is 6.57. The molecule has 0 bridgehead atoms. The molecular formula is C38H46N2O10. The fourth-order valence-electron chi connectivity index (χ4n) is 4.42. The van der Waals surface area contributed by atoms with Crippen LogP contribution in [0.1, 0.15) is 63.0 Å². The average molecular weight is 691 g/mol. The molecule has 0 aliphatic rings. The molecule has 12 nitrogen and oxygen atoms in total. The Balaban J connectivity index is 1.53. The van der Waals surface area contributed by atoms with E-state index in [9.17, 15) is 19.2 Å². The lowest BCUT2D eigenvalue weighted by Gasteiger charge is -2.26. The van der Waals surface area contributed by atoms with Crippen molar-refractivity contribution < 1.29 is 47.6 Å². The lowest BCUT2D eigenvalue weighted by atomic mass is 10.1. The van der Waals surface area contributed by atoms with Crippen molar-refractivity contribution in [2.24, 2.45) is 0 Å². The first-order valence-electron chi connectivity index (χ1n) is 16.0. The van der Waals surface area contributed by atoms with Crippen LogP contribution in [0, 0.1) is 0 Å². The number of rotatable bonds is 14. The quantitative estimate of drug-likeness (QED) is 0.0847. The van der Waals surface area contributed by atoms with Crippen molar-refractivity contribution in [3.63, 3.8) is 0 Å². The zero-order chi connectivity index (χ0) is 36.9. The minimum Gasteiger partial charge on any atom is -0.493 e. The highest BCUT2D eigenvalue weighted by Crippen LogP contribution is 2.28. The van der Waals surface area contributed by atoms with Gasteiger partial charge in [-0.2, -0.15) is 0 Å². The molecule has 50 heavy (non-hydrogen) atoms. The maximum atomic E-state index is 12.9. The molecule has 2 N–H and O–H groups in total. The van der Waals surface area contributed by atoms with E-state index in [4.69, 9.17) is 28.4 Å². The number of alkyl carbamates (subject to hydrolysis) is 1. The summed E-state index contributed by atoms with van der Waals surface area (Å²) in [4.78, 5) is 50.8. The first kappa shape index (κ1) is 38.9. The summed E-state index contributed by atoms with van der Waals surface area (Å²) >= 11 is 0.